The summed E-state index contributed by atoms with van der Waals surface area (Å²) in [6.45, 7) is 7.67. The average Bonchev–Trinajstić information content (AvgIpc) is 2.02. The van der Waals surface area contributed by atoms with E-state index in [4.69, 9.17) is 5.73 Å². The minimum Gasteiger partial charge on any atom is -0.329 e. The molecule has 10 heavy (non-hydrogen) atoms. The van der Waals surface area contributed by atoms with E-state index >= 15 is 0 Å². The van der Waals surface area contributed by atoms with Gasteiger partial charge in [0.25, 0.3) is 0 Å². The van der Waals surface area contributed by atoms with Gasteiger partial charge in [0, 0.05) is 26.2 Å². The Labute approximate surface area is 64.4 Å². The zero-order valence-electron chi connectivity index (χ0n) is 7.41. The molecule has 0 heterocycles. The number of hydrogen-bond acceptors (Lipinski definition) is 3. The molecule has 0 bridgehead atoms. The van der Waals surface area contributed by atoms with E-state index in [-0.39, 0.29) is 0 Å². The first kappa shape index (κ1) is 12.5. The van der Waals surface area contributed by atoms with Crippen molar-refractivity contribution in [3.05, 3.63) is 0 Å². The van der Waals surface area contributed by atoms with Crippen molar-refractivity contribution < 1.29 is 0 Å². The van der Waals surface area contributed by atoms with Crippen LogP contribution in [0.4, 0.5) is 0 Å². The largest absolute Gasteiger partial charge is 0.329 e. The van der Waals surface area contributed by atoms with Gasteiger partial charge < -0.3 is 16.4 Å². The van der Waals surface area contributed by atoms with E-state index in [0.29, 0.717) is 0 Å². The number of hydrogen-bond donors (Lipinski definition) is 3. The Kier molecular flexibility index (Phi) is 20.0. The lowest BCUT2D eigenvalue weighted by atomic mass is 10.6. The average molecular weight is 147 g/mol. The second-order valence-electron chi connectivity index (χ2n) is 1.64. The van der Waals surface area contributed by atoms with Gasteiger partial charge in [-0.1, -0.05) is 13.8 Å². The lowest BCUT2D eigenvalue weighted by Gasteiger charge is -1.99. The molecule has 0 aliphatic carbocycles. The van der Waals surface area contributed by atoms with Crippen molar-refractivity contribution in [2.24, 2.45) is 5.73 Å². The summed E-state index contributed by atoms with van der Waals surface area (Å²) < 4.78 is 0. The van der Waals surface area contributed by atoms with Gasteiger partial charge in [-0.2, -0.15) is 0 Å². The quantitative estimate of drug-likeness (QED) is 0.471. The third-order valence-corrected chi connectivity index (χ3v) is 0.873. The summed E-state index contributed by atoms with van der Waals surface area (Å²) in [5, 5.41) is 6.17. The molecule has 0 atom stereocenters. The molecular formula is C7H21N3. The predicted octanol–water partition coefficient (Wildman–Crippen LogP) is -0.220. The summed E-state index contributed by atoms with van der Waals surface area (Å²) in [6, 6.07) is 0. The predicted molar refractivity (Wildman–Crippen MR) is 47.2 cm³/mol. The van der Waals surface area contributed by atoms with Crippen molar-refractivity contribution in [3.63, 3.8) is 0 Å². The van der Waals surface area contributed by atoms with Gasteiger partial charge in [-0.15, -0.1) is 0 Å². The third-order valence-electron chi connectivity index (χ3n) is 0.873. The van der Waals surface area contributed by atoms with Gasteiger partial charge in [0.1, 0.15) is 0 Å². The van der Waals surface area contributed by atoms with Crippen LogP contribution in [0.1, 0.15) is 13.8 Å². The molecule has 0 aromatic carbocycles. The van der Waals surface area contributed by atoms with Crippen LogP contribution in [0.5, 0.6) is 0 Å². The first-order valence-corrected chi connectivity index (χ1v) is 3.97. The Morgan fingerprint density at radius 1 is 1.10 bits per heavy atom. The molecule has 3 heteroatoms. The van der Waals surface area contributed by atoms with Gasteiger partial charge in [-0.3, -0.25) is 0 Å². The second kappa shape index (κ2) is 15.9. The topological polar surface area (TPSA) is 50.1 Å². The summed E-state index contributed by atoms with van der Waals surface area (Å²) in [5.41, 5.74) is 5.23. The smallest absolute Gasteiger partial charge is 0.00771 e. The minimum atomic E-state index is 0.726. The van der Waals surface area contributed by atoms with E-state index in [9.17, 15) is 0 Å². The Bertz CT molecular complexity index is 33.8. The van der Waals surface area contributed by atoms with Gasteiger partial charge >= 0.3 is 0 Å². The van der Waals surface area contributed by atoms with E-state index in [1.165, 1.54) is 0 Å². The molecule has 0 fully saturated rings. The van der Waals surface area contributed by atoms with Crippen LogP contribution in [0.25, 0.3) is 0 Å². The summed E-state index contributed by atoms with van der Waals surface area (Å²) >= 11 is 0. The molecule has 0 aromatic heterocycles. The van der Waals surface area contributed by atoms with Gasteiger partial charge in [-0.05, 0) is 7.05 Å². The summed E-state index contributed by atoms with van der Waals surface area (Å²) in [6.07, 6.45) is 0. The minimum absolute atomic E-state index is 0.726. The van der Waals surface area contributed by atoms with Crippen molar-refractivity contribution in [1.82, 2.24) is 10.6 Å². The van der Waals surface area contributed by atoms with E-state index in [1.807, 2.05) is 20.9 Å². The maximum absolute atomic E-state index is 5.23. The van der Waals surface area contributed by atoms with E-state index in [2.05, 4.69) is 10.6 Å². The van der Waals surface area contributed by atoms with Crippen molar-refractivity contribution in [3.8, 4) is 0 Å². The monoisotopic (exact) mass is 147 g/mol. The van der Waals surface area contributed by atoms with Gasteiger partial charge in [0.15, 0.2) is 0 Å². The molecule has 0 rings (SSSR count). The lowest BCUT2D eigenvalue weighted by molar-refractivity contribution is 0.654. The summed E-state index contributed by atoms with van der Waals surface area (Å²) in [4.78, 5) is 0. The van der Waals surface area contributed by atoms with E-state index < -0.39 is 0 Å². The highest BCUT2D eigenvalue weighted by molar-refractivity contribution is 4.47. The molecule has 0 aromatic rings. The highest BCUT2D eigenvalue weighted by Gasteiger charge is 1.79. The maximum atomic E-state index is 5.23. The van der Waals surface area contributed by atoms with E-state index in [0.717, 1.165) is 26.2 Å². The molecule has 4 N–H and O–H groups in total. The van der Waals surface area contributed by atoms with Crippen LogP contribution in [0.15, 0.2) is 0 Å². The third kappa shape index (κ3) is 15.7. The fourth-order valence-corrected chi connectivity index (χ4v) is 0.440. The number of likely N-dealkylation sites (N-methyl/N-ethyl adjacent to an activating group) is 1. The number of nitrogens with one attached hydrogen (secondary N) is 2. The Hall–Kier alpha value is -0.120. The van der Waals surface area contributed by atoms with Crippen LogP contribution in [-0.2, 0) is 0 Å². The molecule has 0 saturated carbocycles. The molecule has 64 valence electrons. The molecule has 0 saturated heterocycles. The molecule has 0 spiro atoms. The van der Waals surface area contributed by atoms with Crippen molar-refractivity contribution in [2.45, 2.75) is 13.8 Å². The Balaban J connectivity index is 0. The van der Waals surface area contributed by atoms with Crippen LogP contribution in [-0.4, -0.2) is 33.2 Å². The lowest BCUT2D eigenvalue weighted by Crippen LogP contribution is -2.29. The summed E-state index contributed by atoms with van der Waals surface area (Å²) in [7, 11) is 1.93. The van der Waals surface area contributed by atoms with Crippen LogP contribution in [0.2, 0.25) is 0 Å². The van der Waals surface area contributed by atoms with Crippen LogP contribution in [0.3, 0.4) is 0 Å². The normalized spacial score (nSPS) is 8.40. The zero-order chi connectivity index (χ0) is 8.24. The maximum Gasteiger partial charge on any atom is 0.00771 e. The fourth-order valence-electron chi connectivity index (χ4n) is 0.440. The van der Waals surface area contributed by atoms with Crippen molar-refractivity contribution in [1.29, 1.82) is 0 Å². The Morgan fingerprint density at radius 3 is 2.10 bits per heavy atom. The number of rotatable bonds is 5. The van der Waals surface area contributed by atoms with Crippen molar-refractivity contribution >= 4 is 0 Å². The zero-order valence-corrected chi connectivity index (χ0v) is 7.41. The number of nitrogens with two attached hydrogens (primary N) is 1. The van der Waals surface area contributed by atoms with E-state index in [1.54, 1.807) is 0 Å². The molecule has 0 aliphatic rings. The molecule has 3 nitrogen and oxygen atoms in total. The van der Waals surface area contributed by atoms with Gasteiger partial charge in [0.2, 0.25) is 0 Å². The SMILES string of the molecule is CC.CNCCNCCN. The second-order valence-corrected chi connectivity index (χ2v) is 1.64. The molecule has 0 unspecified atom stereocenters. The molecule has 0 aliphatic heterocycles. The van der Waals surface area contributed by atoms with Crippen LogP contribution < -0.4 is 16.4 Å². The van der Waals surface area contributed by atoms with Gasteiger partial charge in [0.05, 0.1) is 0 Å². The fraction of sp³-hybridized carbons (Fsp3) is 1.00. The highest BCUT2D eigenvalue weighted by Crippen LogP contribution is 1.53. The molecule has 0 amide bonds. The van der Waals surface area contributed by atoms with Crippen molar-refractivity contribution in [2.75, 3.05) is 33.2 Å². The van der Waals surface area contributed by atoms with Gasteiger partial charge in [-0.25, -0.2) is 0 Å². The Morgan fingerprint density at radius 2 is 1.70 bits per heavy atom. The standard InChI is InChI=1S/C5H15N3.C2H6/c1-7-4-5-8-3-2-6;1-2/h7-8H,2-6H2,1H3;1-2H3. The molecular weight excluding hydrogens is 126 g/mol. The van der Waals surface area contributed by atoms with Crippen LogP contribution >= 0.6 is 0 Å². The molecule has 0 radical (unpaired) electrons. The summed E-state index contributed by atoms with van der Waals surface area (Å²) in [5.74, 6) is 0. The van der Waals surface area contributed by atoms with Crippen LogP contribution in [0, 0.1) is 0 Å². The first-order valence-electron chi connectivity index (χ1n) is 3.97. The first-order chi connectivity index (χ1) is 4.91. The highest BCUT2D eigenvalue weighted by atomic mass is 14.9.